The number of halogens is 3. The Labute approximate surface area is 115 Å². The molecule has 2 nitrogen and oxygen atoms in total. The van der Waals surface area contributed by atoms with Gasteiger partial charge in [-0.3, -0.25) is 0 Å². The van der Waals surface area contributed by atoms with E-state index in [4.69, 9.17) is 0 Å². The Morgan fingerprint density at radius 1 is 0.950 bits per heavy atom. The molecule has 0 aliphatic rings. The molecular weight excluding hydrogens is 265 g/mol. The maximum absolute atomic E-state index is 13.4. The largest absolute Gasteiger partial charge is 0.378 e. The van der Waals surface area contributed by atoms with Crippen molar-refractivity contribution in [3.63, 3.8) is 0 Å². The van der Waals surface area contributed by atoms with Crippen molar-refractivity contribution in [2.24, 2.45) is 0 Å². The van der Waals surface area contributed by atoms with Crippen LogP contribution in [0, 0.1) is 17.5 Å². The zero-order valence-corrected chi connectivity index (χ0v) is 11.3. The molecule has 0 saturated heterocycles. The van der Waals surface area contributed by atoms with Crippen molar-refractivity contribution >= 4 is 11.4 Å². The van der Waals surface area contributed by atoms with Gasteiger partial charge in [0.25, 0.3) is 0 Å². The fourth-order valence-corrected chi connectivity index (χ4v) is 1.81. The molecule has 2 rings (SSSR count). The summed E-state index contributed by atoms with van der Waals surface area (Å²) in [6, 6.07) is 8.85. The third-order valence-electron chi connectivity index (χ3n) is 2.93. The van der Waals surface area contributed by atoms with Crippen molar-refractivity contribution in [3.05, 3.63) is 59.4 Å². The zero-order valence-electron chi connectivity index (χ0n) is 11.3. The first kappa shape index (κ1) is 14.2. The van der Waals surface area contributed by atoms with Crippen LogP contribution in [0.25, 0.3) is 0 Å². The van der Waals surface area contributed by atoms with Gasteiger partial charge >= 0.3 is 0 Å². The van der Waals surface area contributed by atoms with Crippen LogP contribution in [-0.2, 0) is 6.54 Å². The van der Waals surface area contributed by atoms with Crippen LogP contribution in [0.15, 0.2) is 36.4 Å². The van der Waals surface area contributed by atoms with Crippen molar-refractivity contribution in [2.45, 2.75) is 6.54 Å². The minimum absolute atomic E-state index is 0.257. The number of hydrogen-bond donors (Lipinski definition) is 1. The first-order chi connectivity index (χ1) is 9.47. The van der Waals surface area contributed by atoms with Gasteiger partial charge in [0.2, 0.25) is 0 Å². The molecule has 0 heterocycles. The third kappa shape index (κ3) is 3.23. The second kappa shape index (κ2) is 5.86. The van der Waals surface area contributed by atoms with Gasteiger partial charge in [-0.1, -0.05) is 12.1 Å². The normalized spacial score (nSPS) is 10.4. The fraction of sp³-hybridized carbons (Fsp3) is 0.200. The van der Waals surface area contributed by atoms with E-state index < -0.39 is 17.5 Å². The number of rotatable bonds is 4. The number of nitrogens with zero attached hydrogens (tertiary/aromatic N) is 1. The van der Waals surface area contributed by atoms with E-state index in [2.05, 4.69) is 5.32 Å². The molecule has 0 aliphatic carbocycles. The van der Waals surface area contributed by atoms with E-state index in [0.717, 1.165) is 11.3 Å². The number of nitrogens with one attached hydrogen (secondary N) is 1. The molecular formula is C15H15F3N2. The van der Waals surface area contributed by atoms with E-state index >= 15 is 0 Å². The Morgan fingerprint density at radius 2 is 1.50 bits per heavy atom. The molecule has 0 fully saturated rings. The molecule has 0 saturated carbocycles. The highest BCUT2D eigenvalue weighted by molar-refractivity contribution is 5.49. The Balaban J connectivity index is 2.09. The molecule has 5 heteroatoms. The molecule has 0 amide bonds. The van der Waals surface area contributed by atoms with Crippen molar-refractivity contribution < 1.29 is 13.2 Å². The quantitative estimate of drug-likeness (QED) is 0.916. The lowest BCUT2D eigenvalue weighted by atomic mass is 10.2. The summed E-state index contributed by atoms with van der Waals surface area (Å²) in [5.74, 6) is -2.80. The van der Waals surface area contributed by atoms with Gasteiger partial charge in [0.05, 0.1) is 0 Å². The molecule has 106 valence electrons. The van der Waals surface area contributed by atoms with Gasteiger partial charge in [0.15, 0.2) is 11.6 Å². The smallest absolute Gasteiger partial charge is 0.152 e. The Bertz CT molecular complexity index is 572. The van der Waals surface area contributed by atoms with Crippen molar-refractivity contribution in [1.29, 1.82) is 0 Å². The lowest BCUT2D eigenvalue weighted by Gasteiger charge is -2.13. The molecule has 0 atom stereocenters. The second-order valence-corrected chi connectivity index (χ2v) is 4.66. The van der Waals surface area contributed by atoms with Gasteiger partial charge in [-0.2, -0.15) is 0 Å². The van der Waals surface area contributed by atoms with Crippen molar-refractivity contribution in [2.75, 3.05) is 24.3 Å². The van der Waals surface area contributed by atoms with Gasteiger partial charge in [0, 0.05) is 38.5 Å². The van der Waals surface area contributed by atoms with Crippen LogP contribution in [0.2, 0.25) is 0 Å². The summed E-state index contributed by atoms with van der Waals surface area (Å²) in [5.41, 5.74) is 1.59. The number of hydrogen-bond acceptors (Lipinski definition) is 2. The molecule has 1 N–H and O–H groups in total. The summed E-state index contributed by atoms with van der Waals surface area (Å²) in [7, 11) is 3.85. The third-order valence-corrected chi connectivity index (χ3v) is 2.93. The average molecular weight is 280 g/mol. The zero-order chi connectivity index (χ0) is 14.7. The molecule has 0 spiro atoms. The standard InChI is InChI=1S/C15H15F3N2/c1-20(2)12-5-3-10(4-6-12)9-19-15-13(17)7-11(16)8-14(15)18/h3-8,19H,9H2,1-2H3. The SMILES string of the molecule is CN(C)c1ccc(CNc2c(F)cc(F)cc2F)cc1. The lowest BCUT2D eigenvalue weighted by Crippen LogP contribution is -2.09. The molecule has 2 aromatic rings. The van der Waals surface area contributed by atoms with Gasteiger partial charge in [-0.15, -0.1) is 0 Å². The van der Waals surface area contributed by atoms with Gasteiger partial charge < -0.3 is 10.2 Å². The average Bonchev–Trinajstić information content (AvgIpc) is 2.38. The predicted octanol–water partition coefficient (Wildman–Crippen LogP) is 3.78. The molecule has 0 aliphatic heterocycles. The molecule has 0 unspecified atom stereocenters. The maximum Gasteiger partial charge on any atom is 0.152 e. The second-order valence-electron chi connectivity index (χ2n) is 4.66. The van der Waals surface area contributed by atoms with Gasteiger partial charge in [0.1, 0.15) is 11.5 Å². The fourth-order valence-electron chi connectivity index (χ4n) is 1.81. The van der Waals surface area contributed by atoms with E-state index in [0.29, 0.717) is 12.1 Å². The molecule has 0 bridgehead atoms. The summed E-state index contributed by atoms with van der Waals surface area (Å²) >= 11 is 0. The van der Waals surface area contributed by atoms with Crippen LogP contribution in [0.3, 0.4) is 0 Å². The Hall–Kier alpha value is -2.17. The van der Waals surface area contributed by atoms with Crippen LogP contribution < -0.4 is 10.2 Å². The lowest BCUT2D eigenvalue weighted by molar-refractivity contribution is 0.547. The molecule has 2 aromatic carbocycles. The summed E-state index contributed by atoms with van der Waals surface area (Å²) in [6.07, 6.45) is 0. The van der Waals surface area contributed by atoms with Gasteiger partial charge in [-0.05, 0) is 17.7 Å². The van der Waals surface area contributed by atoms with Crippen LogP contribution >= 0.6 is 0 Å². The van der Waals surface area contributed by atoms with E-state index in [1.807, 2.05) is 43.3 Å². The van der Waals surface area contributed by atoms with Crippen LogP contribution in [-0.4, -0.2) is 14.1 Å². The Morgan fingerprint density at radius 3 is 2.00 bits per heavy atom. The van der Waals surface area contributed by atoms with E-state index in [1.54, 1.807) is 0 Å². The highest BCUT2D eigenvalue weighted by atomic mass is 19.1. The van der Waals surface area contributed by atoms with E-state index in [9.17, 15) is 13.2 Å². The minimum Gasteiger partial charge on any atom is -0.378 e. The van der Waals surface area contributed by atoms with E-state index in [-0.39, 0.29) is 12.2 Å². The van der Waals surface area contributed by atoms with E-state index in [1.165, 1.54) is 0 Å². The van der Waals surface area contributed by atoms with Crippen LogP contribution in [0.1, 0.15) is 5.56 Å². The number of anilines is 2. The van der Waals surface area contributed by atoms with Crippen LogP contribution in [0.4, 0.5) is 24.5 Å². The summed E-state index contributed by atoms with van der Waals surface area (Å²) in [4.78, 5) is 1.95. The maximum atomic E-state index is 13.4. The first-order valence-corrected chi connectivity index (χ1v) is 6.12. The minimum atomic E-state index is -0.938. The first-order valence-electron chi connectivity index (χ1n) is 6.12. The number of benzene rings is 2. The molecule has 0 radical (unpaired) electrons. The van der Waals surface area contributed by atoms with Crippen LogP contribution in [0.5, 0.6) is 0 Å². The molecule has 20 heavy (non-hydrogen) atoms. The monoisotopic (exact) mass is 280 g/mol. The highest BCUT2D eigenvalue weighted by Crippen LogP contribution is 2.21. The predicted molar refractivity (Wildman–Crippen MR) is 74.4 cm³/mol. The molecule has 0 aromatic heterocycles. The van der Waals surface area contributed by atoms with Crippen molar-refractivity contribution in [3.8, 4) is 0 Å². The Kier molecular flexibility index (Phi) is 4.17. The summed E-state index contributed by atoms with van der Waals surface area (Å²) < 4.78 is 39.6. The summed E-state index contributed by atoms with van der Waals surface area (Å²) in [5, 5.41) is 2.64. The topological polar surface area (TPSA) is 15.3 Å². The highest BCUT2D eigenvalue weighted by Gasteiger charge is 2.10. The van der Waals surface area contributed by atoms with Gasteiger partial charge in [-0.25, -0.2) is 13.2 Å². The summed E-state index contributed by atoms with van der Waals surface area (Å²) in [6.45, 7) is 0.257. The van der Waals surface area contributed by atoms with Crippen molar-refractivity contribution in [1.82, 2.24) is 0 Å².